The molecular formula is C80H46N8. The van der Waals surface area contributed by atoms with Crippen LogP contribution in [0, 0.1) is 17.9 Å². The van der Waals surface area contributed by atoms with Gasteiger partial charge in [0.25, 0.3) is 0 Å². The number of nitriles is 1. The van der Waals surface area contributed by atoms with Gasteiger partial charge in [-0.15, -0.1) is 0 Å². The molecule has 0 bridgehead atoms. The van der Waals surface area contributed by atoms with Gasteiger partial charge >= 0.3 is 0 Å². The summed E-state index contributed by atoms with van der Waals surface area (Å²) < 4.78 is 14.1. The number of benzene rings is 13. The molecular weight excluding hydrogens is 1070 g/mol. The fourth-order valence-corrected chi connectivity index (χ4v) is 15.3. The van der Waals surface area contributed by atoms with Crippen LogP contribution in [0.15, 0.2) is 279 Å². The van der Waals surface area contributed by atoms with Crippen LogP contribution in [-0.2, 0) is 0 Å². The molecule has 0 unspecified atom stereocenters. The molecule has 0 aliphatic rings. The Morgan fingerprint density at radius 1 is 0.250 bits per heavy atom. The largest absolute Gasteiger partial charge is 0.317 e. The van der Waals surface area contributed by atoms with Crippen LogP contribution in [0.5, 0.6) is 0 Å². The maximum atomic E-state index is 13.1. The van der Waals surface area contributed by atoms with Crippen molar-refractivity contribution < 1.29 is 0 Å². The number of fused-ring (bicyclic) bond motifs is 20. The van der Waals surface area contributed by atoms with Crippen molar-refractivity contribution in [2.75, 3.05) is 0 Å². The molecule has 19 rings (SSSR count). The van der Waals surface area contributed by atoms with Crippen molar-refractivity contribution in [3.63, 3.8) is 0 Å². The van der Waals surface area contributed by atoms with Gasteiger partial charge in [-0.1, -0.05) is 194 Å². The lowest BCUT2D eigenvalue weighted by atomic mass is 10.0. The molecule has 406 valence electrons. The highest BCUT2D eigenvalue weighted by atomic mass is 15.1. The first kappa shape index (κ1) is 48.1. The second-order valence-electron chi connectivity index (χ2n) is 22.9. The highest BCUT2D eigenvalue weighted by Crippen LogP contribution is 2.54. The topological polar surface area (TPSA) is 57.7 Å². The fourth-order valence-electron chi connectivity index (χ4n) is 15.3. The third-order valence-electron chi connectivity index (χ3n) is 18.6. The van der Waals surface area contributed by atoms with E-state index in [-0.39, 0.29) is 0 Å². The lowest BCUT2D eigenvalue weighted by molar-refractivity contribution is 1.04. The van der Waals surface area contributed by atoms with E-state index in [0.717, 1.165) is 142 Å². The van der Waals surface area contributed by atoms with Gasteiger partial charge in [-0.25, -0.2) is 4.85 Å². The summed E-state index contributed by atoms with van der Waals surface area (Å²) in [4.78, 5) is 4.97. The summed E-state index contributed by atoms with van der Waals surface area (Å²) in [5, 5.41) is 25.6. The first-order valence-corrected chi connectivity index (χ1v) is 29.7. The van der Waals surface area contributed by atoms with Crippen molar-refractivity contribution in [1.82, 2.24) is 27.4 Å². The van der Waals surface area contributed by atoms with Crippen molar-refractivity contribution in [2.45, 2.75) is 0 Å². The van der Waals surface area contributed by atoms with E-state index in [1.54, 1.807) is 0 Å². The van der Waals surface area contributed by atoms with Crippen LogP contribution >= 0.6 is 0 Å². The van der Waals surface area contributed by atoms with Crippen LogP contribution in [0.2, 0.25) is 0 Å². The van der Waals surface area contributed by atoms with Gasteiger partial charge in [0.2, 0.25) is 5.69 Å². The standard InChI is InChI=1S/C80H46N8/c1-82-74-77(87-66-40-20-12-32-55(66)57-44-46-70-72(75(57)87)59-34-14-22-42-68(59)83(70)49-24-4-2-5-25-49)61(48-81)78(85-62-36-16-8-28-51(62)52-29-9-17-37-63(52)85)80(79(74)86-64-38-18-10-30-53(64)54-31-11-19-39-65(54)86)88-67-41-21-13-33-56(67)58-45-47-71-73(76(58)88)60-35-15-23-43-69(60)84(71)50-26-6-3-7-27-50/h2-47H. The third kappa shape index (κ3) is 6.24. The molecule has 0 spiro atoms. The first-order chi connectivity index (χ1) is 43.7. The van der Waals surface area contributed by atoms with E-state index in [0.29, 0.717) is 34.0 Å². The van der Waals surface area contributed by atoms with Gasteiger partial charge in [0.05, 0.1) is 101 Å². The second-order valence-corrected chi connectivity index (χ2v) is 22.9. The molecule has 8 heteroatoms. The Hall–Kier alpha value is -12.4. The van der Waals surface area contributed by atoms with E-state index in [9.17, 15) is 11.8 Å². The van der Waals surface area contributed by atoms with E-state index in [2.05, 4.69) is 313 Å². The summed E-state index contributed by atoms with van der Waals surface area (Å²) in [6.07, 6.45) is 0. The van der Waals surface area contributed by atoms with Crippen molar-refractivity contribution in [3.05, 3.63) is 296 Å². The maximum Gasteiger partial charge on any atom is 0.237 e. The zero-order valence-corrected chi connectivity index (χ0v) is 47.1. The summed E-state index contributed by atoms with van der Waals surface area (Å²) in [5.74, 6) is 0. The zero-order valence-electron chi connectivity index (χ0n) is 47.1. The van der Waals surface area contributed by atoms with Crippen LogP contribution in [0.1, 0.15) is 5.56 Å². The first-order valence-electron chi connectivity index (χ1n) is 29.7. The van der Waals surface area contributed by atoms with Gasteiger partial charge in [0.1, 0.15) is 6.07 Å². The van der Waals surface area contributed by atoms with Crippen molar-refractivity contribution >= 4 is 137 Å². The van der Waals surface area contributed by atoms with Crippen LogP contribution in [0.3, 0.4) is 0 Å². The zero-order chi connectivity index (χ0) is 57.9. The second kappa shape index (κ2) is 18.1. The normalized spacial score (nSPS) is 12.1. The van der Waals surface area contributed by atoms with Gasteiger partial charge in [-0.05, 0) is 84.9 Å². The fraction of sp³-hybridized carbons (Fsp3) is 0. The monoisotopic (exact) mass is 1120 g/mol. The molecule has 0 amide bonds. The number of para-hydroxylation sites is 10. The SMILES string of the molecule is [C-]#[N+]c1c(-n2c3ccccc3c3ccccc32)c(-n2c3ccccc3c3ccc4c(c5ccccc5n4-c4ccccc4)c32)c(-n2c3ccccc3c3ccccc32)c(C#N)c1-n1c2ccccc2c2ccc3c(c4ccccc4n3-c3ccccc3)c21. The smallest absolute Gasteiger partial charge is 0.237 e. The summed E-state index contributed by atoms with van der Waals surface area (Å²) in [7, 11) is 0. The van der Waals surface area contributed by atoms with Crippen molar-refractivity contribution in [2.24, 2.45) is 0 Å². The van der Waals surface area contributed by atoms with Crippen molar-refractivity contribution in [3.8, 4) is 40.2 Å². The molecule has 0 atom stereocenters. The number of hydrogen-bond donors (Lipinski definition) is 0. The third-order valence-corrected chi connectivity index (χ3v) is 18.6. The van der Waals surface area contributed by atoms with Gasteiger partial charge in [-0.3, -0.25) is 0 Å². The Balaban J connectivity index is 1.13. The number of hydrogen-bond acceptors (Lipinski definition) is 1. The van der Waals surface area contributed by atoms with Crippen LogP contribution in [-0.4, -0.2) is 27.4 Å². The Morgan fingerprint density at radius 3 is 0.909 bits per heavy atom. The predicted molar refractivity (Wildman–Crippen MR) is 363 cm³/mol. The average molecular weight is 1120 g/mol. The molecule has 0 fully saturated rings. The van der Waals surface area contributed by atoms with Crippen LogP contribution in [0.4, 0.5) is 5.69 Å². The minimum Gasteiger partial charge on any atom is -0.317 e. The molecule has 13 aromatic carbocycles. The van der Waals surface area contributed by atoms with Crippen molar-refractivity contribution in [1.29, 1.82) is 5.26 Å². The molecule has 0 aliphatic carbocycles. The van der Waals surface area contributed by atoms with Crippen LogP contribution in [0.25, 0.3) is 170 Å². The molecule has 0 saturated heterocycles. The van der Waals surface area contributed by atoms with Gasteiger partial charge in [-0.2, -0.15) is 5.26 Å². The summed E-state index contributed by atoms with van der Waals surface area (Å²) >= 11 is 0. The van der Waals surface area contributed by atoms with E-state index < -0.39 is 0 Å². The number of rotatable bonds is 6. The molecule has 0 radical (unpaired) electrons. The van der Waals surface area contributed by atoms with E-state index in [1.165, 1.54) is 0 Å². The summed E-state index contributed by atoms with van der Waals surface area (Å²) in [6.45, 7) is 10.2. The Kier molecular flexibility index (Phi) is 9.87. The van der Waals surface area contributed by atoms with Crippen LogP contribution < -0.4 is 0 Å². The minimum atomic E-state index is 0.332. The molecule has 6 heterocycles. The highest BCUT2D eigenvalue weighted by Gasteiger charge is 2.36. The highest BCUT2D eigenvalue weighted by molar-refractivity contribution is 6.29. The predicted octanol–water partition coefficient (Wildman–Crippen LogP) is 20.7. The van der Waals surface area contributed by atoms with E-state index in [4.69, 9.17) is 4.85 Å². The van der Waals surface area contributed by atoms with Gasteiger partial charge < -0.3 is 27.4 Å². The Morgan fingerprint density at radius 2 is 0.545 bits per heavy atom. The molecule has 0 N–H and O–H groups in total. The molecule has 6 aromatic heterocycles. The van der Waals surface area contributed by atoms with Gasteiger partial charge in [0.15, 0.2) is 0 Å². The molecule has 8 nitrogen and oxygen atoms in total. The Labute approximate surface area is 502 Å². The average Bonchev–Trinajstić information content (AvgIpc) is 1.51. The lowest BCUT2D eigenvalue weighted by Gasteiger charge is -2.27. The Bertz CT molecular complexity index is 6060. The summed E-state index contributed by atoms with van der Waals surface area (Å²) in [5.41, 5.74) is 16.8. The molecule has 19 aromatic rings. The minimum absolute atomic E-state index is 0.332. The number of nitrogens with zero attached hydrogens (tertiary/aromatic N) is 8. The van der Waals surface area contributed by atoms with E-state index >= 15 is 0 Å². The maximum absolute atomic E-state index is 13.1. The quantitative estimate of drug-likeness (QED) is 0.153. The lowest BCUT2D eigenvalue weighted by Crippen LogP contribution is -2.14. The molecule has 0 aliphatic heterocycles. The molecule has 0 saturated carbocycles. The van der Waals surface area contributed by atoms with Gasteiger partial charge in [0, 0.05) is 76.0 Å². The number of aromatic nitrogens is 6. The molecule has 88 heavy (non-hydrogen) atoms. The summed E-state index contributed by atoms with van der Waals surface area (Å²) in [6, 6.07) is 102. The van der Waals surface area contributed by atoms with E-state index in [1.807, 2.05) is 0 Å².